The molecule has 0 aliphatic carbocycles. The van der Waals surface area contributed by atoms with Crippen molar-refractivity contribution in [2.75, 3.05) is 26.7 Å². The molecule has 8 nitrogen and oxygen atoms in total. The number of alkyl halides is 1. The van der Waals surface area contributed by atoms with E-state index >= 15 is 0 Å². The number of hydrogen-bond donors (Lipinski definition) is 1. The summed E-state index contributed by atoms with van der Waals surface area (Å²) < 4.78 is 24.9. The molecule has 0 radical (unpaired) electrons. The van der Waals surface area contributed by atoms with Gasteiger partial charge in [0.25, 0.3) is 5.69 Å². The first-order valence-corrected chi connectivity index (χ1v) is 9.27. The van der Waals surface area contributed by atoms with E-state index < -0.39 is 28.8 Å². The number of amides is 1. The Kier molecular flexibility index (Phi) is 7.17. The van der Waals surface area contributed by atoms with Gasteiger partial charge in [-0.1, -0.05) is 0 Å². The van der Waals surface area contributed by atoms with E-state index in [2.05, 4.69) is 5.32 Å². The number of likely N-dealkylation sites (tertiary alicyclic amines) is 1. The number of nitrogens with one attached hydrogen (secondary N) is 1. The standard InChI is InChI=1S/C19H28FN3O5/c1-19(2,3)28-18(24)22-10-8-16(15(20)12-22)21-9-7-13-11-14(27-4)5-6-17(13)23(25)26/h5-6,11,15-16,21H,7-10,12H2,1-4H3. The van der Waals surface area contributed by atoms with Gasteiger partial charge in [-0.15, -0.1) is 0 Å². The maximum absolute atomic E-state index is 14.5. The number of nitro groups is 1. The normalized spacial score (nSPS) is 20.0. The Labute approximate surface area is 164 Å². The molecule has 2 unspecified atom stereocenters. The zero-order chi connectivity index (χ0) is 20.9. The topological polar surface area (TPSA) is 93.9 Å². The first-order chi connectivity index (χ1) is 13.1. The van der Waals surface area contributed by atoms with Crippen molar-refractivity contribution in [3.05, 3.63) is 33.9 Å². The molecule has 28 heavy (non-hydrogen) atoms. The highest BCUT2D eigenvalue weighted by atomic mass is 19.1. The summed E-state index contributed by atoms with van der Waals surface area (Å²) in [7, 11) is 1.50. The van der Waals surface area contributed by atoms with Gasteiger partial charge in [0.05, 0.1) is 18.6 Å². The molecule has 1 heterocycles. The van der Waals surface area contributed by atoms with E-state index in [-0.39, 0.29) is 12.2 Å². The Bertz CT molecular complexity index is 707. The second-order valence-corrected chi connectivity index (χ2v) is 7.79. The molecule has 1 aromatic rings. The molecule has 156 valence electrons. The van der Waals surface area contributed by atoms with Crippen LogP contribution in [0.5, 0.6) is 5.75 Å². The van der Waals surface area contributed by atoms with Gasteiger partial charge in [-0.05, 0) is 52.3 Å². The number of benzene rings is 1. The van der Waals surface area contributed by atoms with Crippen molar-refractivity contribution in [1.82, 2.24) is 10.2 Å². The van der Waals surface area contributed by atoms with E-state index in [1.165, 1.54) is 18.1 Å². The summed E-state index contributed by atoms with van der Waals surface area (Å²) in [6, 6.07) is 4.16. The van der Waals surface area contributed by atoms with Gasteiger partial charge in [0.2, 0.25) is 0 Å². The molecule has 2 rings (SSSR count). The number of nitro benzene ring substituents is 1. The van der Waals surface area contributed by atoms with Crippen molar-refractivity contribution < 1.29 is 23.6 Å². The maximum Gasteiger partial charge on any atom is 0.410 e. The highest BCUT2D eigenvalue weighted by Gasteiger charge is 2.33. The van der Waals surface area contributed by atoms with E-state index in [1.54, 1.807) is 32.9 Å². The van der Waals surface area contributed by atoms with E-state index in [0.29, 0.717) is 37.2 Å². The fourth-order valence-electron chi connectivity index (χ4n) is 3.09. The van der Waals surface area contributed by atoms with E-state index in [0.717, 1.165) is 0 Å². The molecule has 1 aliphatic heterocycles. The van der Waals surface area contributed by atoms with Crippen LogP contribution in [0.4, 0.5) is 14.9 Å². The average molecular weight is 397 g/mol. The lowest BCUT2D eigenvalue weighted by atomic mass is 10.0. The highest BCUT2D eigenvalue weighted by molar-refractivity contribution is 5.68. The van der Waals surface area contributed by atoms with Crippen molar-refractivity contribution in [3.63, 3.8) is 0 Å². The summed E-state index contributed by atoms with van der Waals surface area (Å²) in [4.78, 5) is 24.2. The van der Waals surface area contributed by atoms with Crippen molar-refractivity contribution in [2.45, 2.75) is 51.4 Å². The molecule has 9 heteroatoms. The third-order valence-electron chi connectivity index (χ3n) is 4.48. The van der Waals surface area contributed by atoms with Crippen LogP contribution in [0.3, 0.4) is 0 Å². The minimum absolute atomic E-state index is 0.0131. The molecule has 0 bridgehead atoms. The summed E-state index contributed by atoms with van der Waals surface area (Å²) in [5, 5.41) is 14.3. The van der Waals surface area contributed by atoms with Crippen LogP contribution in [-0.4, -0.2) is 60.5 Å². The number of methoxy groups -OCH3 is 1. The summed E-state index contributed by atoms with van der Waals surface area (Å²) in [6.07, 6.45) is -0.935. The highest BCUT2D eigenvalue weighted by Crippen LogP contribution is 2.24. The van der Waals surface area contributed by atoms with Crippen LogP contribution >= 0.6 is 0 Å². The maximum atomic E-state index is 14.5. The Morgan fingerprint density at radius 3 is 2.71 bits per heavy atom. The van der Waals surface area contributed by atoms with Crippen LogP contribution in [0.1, 0.15) is 32.8 Å². The average Bonchev–Trinajstić information content (AvgIpc) is 2.61. The Hall–Kier alpha value is -2.42. The van der Waals surface area contributed by atoms with Gasteiger partial charge in [-0.25, -0.2) is 9.18 Å². The lowest BCUT2D eigenvalue weighted by Crippen LogP contribution is -2.53. The van der Waals surface area contributed by atoms with Gasteiger partial charge in [0.15, 0.2) is 0 Å². The smallest absolute Gasteiger partial charge is 0.410 e. The molecule has 0 aromatic heterocycles. The van der Waals surface area contributed by atoms with Crippen LogP contribution in [-0.2, 0) is 11.2 Å². The number of halogens is 1. The fourth-order valence-corrected chi connectivity index (χ4v) is 3.09. The number of rotatable bonds is 6. The van der Waals surface area contributed by atoms with E-state index in [1.807, 2.05) is 0 Å². The monoisotopic (exact) mass is 397 g/mol. The summed E-state index contributed by atoms with van der Waals surface area (Å²) >= 11 is 0. The Balaban J connectivity index is 1.88. The zero-order valence-corrected chi connectivity index (χ0v) is 16.7. The zero-order valence-electron chi connectivity index (χ0n) is 16.7. The molecule has 1 amide bonds. The second kappa shape index (κ2) is 9.18. The van der Waals surface area contributed by atoms with Crippen LogP contribution in [0.25, 0.3) is 0 Å². The predicted molar refractivity (Wildman–Crippen MR) is 102 cm³/mol. The van der Waals surface area contributed by atoms with E-state index in [4.69, 9.17) is 9.47 Å². The van der Waals surface area contributed by atoms with Gasteiger partial charge in [-0.3, -0.25) is 10.1 Å². The first-order valence-electron chi connectivity index (χ1n) is 9.27. The third-order valence-corrected chi connectivity index (χ3v) is 4.48. The number of hydrogen-bond acceptors (Lipinski definition) is 6. The van der Waals surface area contributed by atoms with Crippen molar-refractivity contribution in [3.8, 4) is 5.75 Å². The molecule has 1 aromatic carbocycles. The summed E-state index contributed by atoms with van der Waals surface area (Å²) in [6.45, 7) is 6.04. The second-order valence-electron chi connectivity index (χ2n) is 7.79. The predicted octanol–water partition coefficient (Wildman–Crippen LogP) is 3.08. The number of carbonyl (C=O) groups excluding carboxylic acids is 1. The van der Waals surface area contributed by atoms with Gasteiger partial charge in [0.1, 0.15) is 17.5 Å². The molecule has 0 spiro atoms. The van der Waals surface area contributed by atoms with Crippen molar-refractivity contribution in [1.29, 1.82) is 0 Å². The van der Waals surface area contributed by atoms with E-state index in [9.17, 15) is 19.3 Å². The number of nitrogens with zero attached hydrogens (tertiary/aromatic N) is 2. The quantitative estimate of drug-likeness (QED) is 0.586. The lowest BCUT2D eigenvalue weighted by molar-refractivity contribution is -0.385. The molecular weight excluding hydrogens is 369 g/mol. The molecule has 1 aliphatic rings. The van der Waals surface area contributed by atoms with Crippen LogP contribution in [0, 0.1) is 10.1 Å². The number of ether oxygens (including phenoxy) is 2. The molecule has 1 N–H and O–H groups in total. The van der Waals surface area contributed by atoms with Crippen molar-refractivity contribution >= 4 is 11.8 Å². The van der Waals surface area contributed by atoms with Gasteiger partial charge in [0, 0.05) is 24.2 Å². The van der Waals surface area contributed by atoms with Crippen molar-refractivity contribution in [2.24, 2.45) is 0 Å². The summed E-state index contributed by atoms with van der Waals surface area (Å²) in [5.41, 5.74) is -0.0821. The molecule has 2 atom stereocenters. The SMILES string of the molecule is COc1ccc([N+](=O)[O-])c(CCNC2CCN(C(=O)OC(C)(C)C)CC2F)c1. The minimum Gasteiger partial charge on any atom is -0.497 e. The van der Waals surface area contributed by atoms with Crippen LogP contribution in [0.15, 0.2) is 18.2 Å². The molecule has 1 fully saturated rings. The number of carbonyl (C=O) groups is 1. The molecule has 0 saturated carbocycles. The van der Waals surface area contributed by atoms with Gasteiger partial charge < -0.3 is 19.7 Å². The number of piperidine rings is 1. The molecule has 1 saturated heterocycles. The van der Waals surface area contributed by atoms with Gasteiger partial charge in [-0.2, -0.15) is 0 Å². The lowest BCUT2D eigenvalue weighted by Gasteiger charge is -2.36. The fraction of sp³-hybridized carbons (Fsp3) is 0.632. The third kappa shape index (κ3) is 6.05. The Morgan fingerprint density at radius 2 is 2.14 bits per heavy atom. The largest absolute Gasteiger partial charge is 0.497 e. The first kappa shape index (κ1) is 21.9. The minimum atomic E-state index is -1.23. The van der Waals surface area contributed by atoms with Gasteiger partial charge >= 0.3 is 6.09 Å². The Morgan fingerprint density at radius 1 is 1.43 bits per heavy atom. The van der Waals surface area contributed by atoms with Crippen LogP contribution in [0.2, 0.25) is 0 Å². The van der Waals surface area contributed by atoms with Crippen LogP contribution < -0.4 is 10.1 Å². The molecular formula is C19H28FN3O5. The summed E-state index contributed by atoms with van der Waals surface area (Å²) in [5.74, 6) is 0.537.